The number of hydrogen-bond donors (Lipinski definition) is 2. The van der Waals surface area contributed by atoms with Gasteiger partial charge < -0.3 is 15.6 Å². The zero-order chi connectivity index (χ0) is 12.1. The smallest absolute Gasteiger partial charge is 0.161 e. The fraction of sp³-hybridized carbons (Fsp3) is 0.538. The summed E-state index contributed by atoms with van der Waals surface area (Å²) in [5, 5.41) is 9.61. The summed E-state index contributed by atoms with van der Waals surface area (Å²) in [5.41, 5.74) is 6.85. The summed E-state index contributed by atoms with van der Waals surface area (Å²) in [6.45, 7) is 5.87. The van der Waals surface area contributed by atoms with Crippen molar-refractivity contribution in [3.05, 3.63) is 23.8 Å². The van der Waals surface area contributed by atoms with Crippen molar-refractivity contribution in [1.82, 2.24) is 0 Å². The molecular formula is C13H21NO2. The van der Waals surface area contributed by atoms with E-state index in [2.05, 4.69) is 0 Å². The highest BCUT2D eigenvalue weighted by Gasteiger charge is 2.06. The van der Waals surface area contributed by atoms with Gasteiger partial charge in [0.05, 0.1) is 6.10 Å². The maximum atomic E-state index is 9.61. The van der Waals surface area contributed by atoms with E-state index in [4.69, 9.17) is 10.5 Å². The Morgan fingerprint density at radius 2 is 2.00 bits per heavy atom. The van der Waals surface area contributed by atoms with Gasteiger partial charge in [0.1, 0.15) is 0 Å². The SMILES string of the molecule is CC(C)Oc1cc(CC[C@@H](C)N)ccc1O. The first-order valence-electron chi connectivity index (χ1n) is 5.73. The van der Waals surface area contributed by atoms with E-state index in [0.29, 0.717) is 5.75 Å². The second-order valence-electron chi connectivity index (χ2n) is 4.48. The Labute approximate surface area is 97.2 Å². The van der Waals surface area contributed by atoms with Gasteiger partial charge in [0.25, 0.3) is 0 Å². The van der Waals surface area contributed by atoms with E-state index in [9.17, 15) is 5.11 Å². The first kappa shape index (κ1) is 12.8. The van der Waals surface area contributed by atoms with E-state index in [1.54, 1.807) is 6.07 Å². The summed E-state index contributed by atoms with van der Waals surface area (Å²) in [5.74, 6) is 0.746. The maximum Gasteiger partial charge on any atom is 0.161 e. The maximum absolute atomic E-state index is 9.61. The van der Waals surface area contributed by atoms with Crippen molar-refractivity contribution in [3.8, 4) is 11.5 Å². The molecule has 3 nitrogen and oxygen atoms in total. The molecule has 0 aromatic heterocycles. The van der Waals surface area contributed by atoms with Gasteiger partial charge in [-0.3, -0.25) is 0 Å². The van der Waals surface area contributed by atoms with E-state index < -0.39 is 0 Å². The Balaban J connectivity index is 2.73. The normalized spacial score (nSPS) is 12.8. The number of hydrogen-bond acceptors (Lipinski definition) is 3. The zero-order valence-electron chi connectivity index (χ0n) is 10.2. The molecule has 1 aromatic rings. The highest BCUT2D eigenvalue weighted by Crippen LogP contribution is 2.28. The predicted molar refractivity (Wildman–Crippen MR) is 65.8 cm³/mol. The average Bonchev–Trinajstić information content (AvgIpc) is 2.18. The van der Waals surface area contributed by atoms with Crippen LogP contribution >= 0.6 is 0 Å². The zero-order valence-corrected chi connectivity index (χ0v) is 10.2. The molecule has 0 fully saturated rings. The molecule has 0 radical (unpaired) electrons. The molecule has 3 heteroatoms. The Hall–Kier alpha value is -1.22. The van der Waals surface area contributed by atoms with E-state index in [-0.39, 0.29) is 17.9 Å². The van der Waals surface area contributed by atoms with Gasteiger partial charge in [0.2, 0.25) is 0 Å². The highest BCUT2D eigenvalue weighted by molar-refractivity contribution is 5.42. The number of aromatic hydroxyl groups is 1. The van der Waals surface area contributed by atoms with E-state index >= 15 is 0 Å². The van der Waals surface area contributed by atoms with Crippen molar-refractivity contribution >= 4 is 0 Å². The number of phenols is 1. The molecule has 0 saturated carbocycles. The Bertz CT molecular complexity index is 335. The van der Waals surface area contributed by atoms with Crippen LogP contribution in [0.25, 0.3) is 0 Å². The van der Waals surface area contributed by atoms with Crippen LogP contribution in [0.3, 0.4) is 0 Å². The molecule has 0 unspecified atom stereocenters. The molecular weight excluding hydrogens is 202 g/mol. The molecule has 0 saturated heterocycles. The van der Waals surface area contributed by atoms with Crippen molar-refractivity contribution in [2.24, 2.45) is 5.73 Å². The van der Waals surface area contributed by atoms with Crippen molar-refractivity contribution in [2.45, 2.75) is 45.8 Å². The van der Waals surface area contributed by atoms with Gasteiger partial charge in [-0.2, -0.15) is 0 Å². The molecule has 0 bridgehead atoms. The number of rotatable bonds is 5. The predicted octanol–water partition coefficient (Wildman–Crippen LogP) is 2.46. The number of aryl methyl sites for hydroxylation is 1. The summed E-state index contributed by atoms with van der Waals surface area (Å²) < 4.78 is 5.51. The number of nitrogens with two attached hydrogens (primary N) is 1. The van der Waals surface area contributed by atoms with Crippen molar-refractivity contribution in [2.75, 3.05) is 0 Å². The molecule has 16 heavy (non-hydrogen) atoms. The van der Waals surface area contributed by atoms with Crippen LogP contribution in [-0.4, -0.2) is 17.3 Å². The molecule has 0 aliphatic carbocycles. The third-order valence-electron chi connectivity index (χ3n) is 2.28. The van der Waals surface area contributed by atoms with Gasteiger partial charge >= 0.3 is 0 Å². The van der Waals surface area contributed by atoms with Crippen molar-refractivity contribution < 1.29 is 9.84 Å². The van der Waals surface area contributed by atoms with Gasteiger partial charge in [0, 0.05) is 6.04 Å². The summed E-state index contributed by atoms with van der Waals surface area (Å²) in [7, 11) is 0. The summed E-state index contributed by atoms with van der Waals surface area (Å²) in [6, 6.07) is 5.67. The van der Waals surface area contributed by atoms with Gasteiger partial charge in [0.15, 0.2) is 11.5 Å². The van der Waals surface area contributed by atoms with Gasteiger partial charge in [-0.15, -0.1) is 0 Å². The molecule has 3 N–H and O–H groups in total. The summed E-state index contributed by atoms with van der Waals surface area (Å²) in [4.78, 5) is 0. The average molecular weight is 223 g/mol. The third-order valence-corrected chi connectivity index (χ3v) is 2.28. The second kappa shape index (κ2) is 5.75. The minimum Gasteiger partial charge on any atom is -0.504 e. The van der Waals surface area contributed by atoms with Crippen LogP contribution < -0.4 is 10.5 Å². The van der Waals surface area contributed by atoms with Crippen LogP contribution in [-0.2, 0) is 6.42 Å². The first-order valence-corrected chi connectivity index (χ1v) is 5.73. The quantitative estimate of drug-likeness (QED) is 0.806. The van der Waals surface area contributed by atoms with Gasteiger partial charge in [-0.25, -0.2) is 0 Å². The number of benzene rings is 1. The Morgan fingerprint density at radius 1 is 1.31 bits per heavy atom. The molecule has 0 heterocycles. The van der Waals surface area contributed by atoms with Crippen LogP contribution in [0.4, 0.5) is 0 Å². The molecule has 0 aliphatic rings. The molecule has 0 amide bonds. The van der Waals surface area contributed by atoms with Gasteiger partial charge in [-0.1, -0.05) is 6.07 Å². The Morgan fingerprint density at radius 3 is 2.56 bits per heavy atom. The highest BCUT2D eigenvalue weighted by atomic mass is 16.5. The lowest BCUT2D eigenvalue weighted by Crippen LogP contribution is -2.15. The largest absolute Gasteiger partial charge is 0.504 e. The van der Waals surface area contributed by atoms with Crippen LogP contribution in [0.15, 0.2) is 18.2 Å². The minimum absolute atomic E-state index is 0.0644. The van der Waals surface area contributed by atoms with E-state index in [0.717, 1.165) is 18.4 Å². The topological polar surface area (TPSA) is 55.5 Å². The van der Waals surface area contributed by atoms with Crippen LogP contribution in [0.1, 0.15) is 32.8 Å². The summed E-state index contributed by atoms with van der Waals surface area (Å²) >= 11 is 0. The lowest BCUT2D eigenvalue weighted by atomic mass is 10.1. The summed E-state index contributed by atoms with van der Waals surface area (Å²) in [6.07, 6.45) is 1.91. The van der Waals surface area contributed by atoms with E-state index in [1.807, 2.05) is 32.9 Å². The molecule has 1 atom stereocenters. The van der Waals surface area contributed by atoms with Crippen LogP contribution in [0.5, 0.6) is 11.5 Å². The molecule has 0 spiro atoms. The number of ether oxygens (including phenoxy) is 1. The van der Waals surface area contributed by atoms with Crippen LogP contribution in [0.2, 0.25) is 0 Å². The minimum atomic E-state index is 0.0644. The molecule has 90 valence electrons. The number of phenolic OH excluding ortho intramolecular Hbond substituents is 1. The fourth-order valence-electron chi connectivity index (χ4n) is 1.46. The third kappa shape index (κ3) is 4.11. The Kier molecular flexibility index (Phi) is 4.62. The lowest BCUT2D eigenvalue weighted by Gasteiger charge is -2.13. The van der Waals surface area contributed by atoms with Gasteiger partial charge in [-0.05, 0) is 51.3 Å². The van der Waals surface area contributed by atoms with Crippen molar-refractivity contribution in [1.29, 1.82) is 0 Å². The molecule has 0 aliphatic heterocycles. The van der Waals surface area contributed by atoms with Crippen molar-refractivity contribution in [3.63, 3.8) is 0 Å². The molecule has 1 aromatic carbocycles. The monoisotopic (exact) mass is 223 g/mol. The molecule has 1 rings (SSSR count). The standard InChI is InChI=1S/C13H21NO2/c1-9(2)16-13-8-11(5-4-10(3)14)6-7-12(13)15/h6-10,15H,4-5,14H2,1-3H3/t10-/m1/s1. The lowest BCUT2D eigenvalue weighted by molar-refractivity contribution is 0.231. The second-order valence-corrected chi connectivity index (χ2v) is 4.48. The first-order chi connectivity index (χ1) is 7.49. The van der Waals surface area contributed by atoms with Crippen LogP contribution in [0, 0.1) is 0 Å². The fourth-order valence-corrected chi connectivity index (χ4v) is 1.46. The van der Waals surface area contributed by atoms with E-state index in [1.165, 1.54) is 0 Å².